The van der Waals surface area contributed by atoms with Gasteiger partial charge in [-0.05, 0) is 69.5 Å². The second-order valence-corrected chi connectivity index (χ2v) is 11.2. The second kappa shape index (κ2) is 11.0. The number of hydrogen-bond donors (Lipinski definition) is 1. The lowest BCUT2D eigenvalue weighted by Crippen LogP contribution is -2.55. The molecule has 2 heterocycles. The van der Waals surface area contributed by atoms with E-state index >= 15 is 0 Å². The summed E-state index contributed by atoms with van der Waals surface area (Å²) in [4.78, 5) is 22.3. The number of likely N-dealkylation sites (tertiary alicyclic amines) is 1. The van der Waals surface area contributed by atoms with Crippen molar-refractivity contribution in [3.05, 3.63) is 77.9 Å². The van der Waals surface area contributed by atoms with Gasteiger partial charge in [-0.15, -0.1) is 0 Å². The smallest absolute Gasteiger partial charge is 0.410 e. The molecule has 4 rings (SSSR count). The predicted molar refractivity (Wildman–Crippen MR) is 145 cm³/mol. The molecule has 0 bridgehead atoms. The van der Waals surface area contributed by atoms with E-state index in [1.54, 1.807) is 24.2 Å². The number of carbonyl (C=O) groups excluding carboxylic acids is 1. The van der Waals surface area contributed by atoms with Crippen molar-refractivity contribution in [3.8, 4) is 17.2 Å². The molecular formula is C30H37N3O5. The van der Waals surface area contributed by atoms with Crippen molar-refractivity contribution < 1.29 is 24.1 Å². The lowest BCUT2D eigenvalue weighted by Gasteiger charge is -2.41. The standard InChI is InChI=1S/C30H37N3O5/c1-20(34)27-31-17-26(18-32-27)37-25-13-9-22(10-14-25)30(5,6)21-7-11-24(12-8-21)36-19-23-15-16-33(23)28(35)38-29(2,3)4/h7-14,17-18,20,23,34H,15-16,19H2,1-6H3/t20?,23-/m0/s1. The van der Waals surface area contributed by atoms with E-state index in [1.807, 2.05) is 57.2 Å². The molecule has 1 amide bonds. The predicted octanol–water partition coefficient (Wildman–Crippen LogP) is 6.04. The van der Waals surface area contributed by atoms with Gasteiger partial charge in [-0.2, -0.15) is 0 Å². The molecule has 1 unspecified atom stereocenters. The quantitative estimate of drug-likeness (QED) is 0.388. The van der Waals surface area contributed by atoms with E-state index < -0.39 is 11.7 Å². The first-order chi connectivity index (χ1) is 17.9. The molecule has 1 aliphatic heterocycles. The van der Waals surface area contributed by atoms with Crippen molar-refractivity contribution in [2.45, 2.75) is 71.1 Å². The molecule has 0 spiro atoms. The van der Waals surface area contributed by atoms with Crippen molar-refractivity contribution in [2.75, 3.05) is 13.2 Å². The molecule has 1 fully saturated rings. The van der Waals surface area contributed by atoms with Gasteiger partial charge in [-0.1, -0.05) is 38.1 Å². The fourth-order valence-corrected chi connectivity index (χ4v) is 4.17. The molecule has 0 saturated carbocycles. The van der Waals surface area contributed by atoms with Crippen LogP contribution in [0.4, 0.5) is 4.79 Å². The highest BCUT2D eigenvalue weighted by Crippen LogP contribution is 2.34. The number of aliphatic hydroxyl groups is 1. The number of carbonyl (C=O) groups is 1. The summed E-state index contributed by atoms with van der Waals surface area (Å²) >= 11 is 0. The van der Waals surface area contributed by atoms with Crippen LogP contribution in [0.15, 0.2) is 60.9 Å². The van der Waals surface area contributed by atoms with E-state index in [9.17, 15) is 9.90 Å². The van der Waals surface area contributed by atoms with E-state index in [0.717, 1.165) is 23.3 Å². The monoisotopic (exact) mass is 519 g/mol. The van der Waals surface area contributed by atoms with Crippen LogP contribution in [0.25, 0.3) is 0 Å². The zero-order valence-corrected chi connectivity index (χ0v) is 23.0. The van der Waals surface area contributed by atoms with E-state index in [4.69, 9.17) is 14.2 Å². The van der Waals surface area contributed by atoms with Gasteiger partial charge >= 0.3 is 6.09 Å². The Kier molecular flexibility index (Phi) is 7.92. The molecule has 3 aromatic rings. The van der Waals surface area contributed by atoms with Crippen LogP contribution in [0, 0.1) is 0 Å². The highest BCUT2D eigenvalue weighted by atomic mass is 16.6. The van der Waals surface area contributed by atoms with Crippen LogP contribution < -0.4 is 9.47 Å². The van der Waals surface area contributed by atoms with Crippen molar-refractivity contribution in [1.29, 1.82) is 0 Å². The summed E-state index contributed by atoms with van der Waals surface area (Å²) in [5.41, 5.74) is 1.55. The summed E-state index contributed by atoms with van der Waals surface area (Å²) in [6.07, 6.45) is 3.01. The van der Waals surface area contributed by atoms with Crippen LogP contribution in [-0.2, 0) is 10.2 Å². The normalized spacial score (nSPS) is 16.4. The molecule has 2 atom stereocenters. The molecule has 38 heavy (non-hydrogen) atoms. The number of ether oxygens (including phenoxy) is 3. The summed E-state index contributed by atoms with van der Waals surface area (Å²) < 4.78 is 17.3. The van der Waals surface area contributed by atoms with E-state index in [0.29, 0.717) is 30.5 Å². The van der Waals surface area contributed by atoms with Gasteiger partial charge < -0.3 is 24.2 Å². The number of hydrogen-bond acceptors (Lipinski definition) is 7. The Bertz CT molecular complexity index is 1220. The Morgan fingerprint density at radius 1 is 0.947 bits per heavy atom. The van der Waals surface area contributed by atoms with Crippen LogP contribution in [0.1, 0.15) is 71.0 Å². The first-order valence-corrected chi connectivity index (χ1v) is 12.9. The Morgan fingerprint density at radius 2 is 1.50 bits per heavy atom. The summed E-state index contributed by atoms with van der Waals surface area (Å²) in [6.45, 7) is 12.7. The van der Waals surface area contributed by atoms with Gasteiger partial charge in [0.15, 0.2) is 11.6 Å². The van der Waals surface area contributed by atoms with Gasteiger partial charge in [-0.3, -0.25) is 0 Å². The first-order valence-electron chi connectivity index (χ1n) is 12.9. The molecule has 1 aromatic heterocycles. The molecular weight excluding hydrogens is 482 g/mol. The highest BCUT2D eigenvalue weighted by Gasteiger charge is 2.35. The average Bonchev–Trinajstić information content (AvgIpc) is 2.83. The maximum Gasteiger partial charge on any atom is 0.410 e. The van der Waals surface area contributed by atoms with Gasteiger partial charge in [0.25, 0.3) is 0 Å². The minimum Gasteiger partial charge on any atom is -0.491 e. The van der Waals surface area contributed by atoms with Gasteiger partial charge in [0, 0.05) is 12.0 Å². The topological polar surface area (TPSA) is 94.0 Å². The summed E-state index contributed by atoms with van der Waals surface area (Å²) in [5, 5.41) is 9.55. The first kappa shape index (κ1) is 27.4. The second-order valence-electron chi connectivity index (χ2n) is 11.2. The summed E-state index contributed by atoms with van der Waals surface area (Å²) in [7, 11) is 0. The van der Waals surface area contributed by atoms with Crippen LogP contribution in [0.5, 0.6) is 17.2 Å². The molecule has 0 aliphatic carbocycles. The largest absolute Gasteiger partial charge is 0.491 e. The lowest BCUT2D eigenvalue weighted by atomic mass is 9.78. The fourth-order valence-electron chi connectivity index (χ4n) is 4.17. The van der Waals surface area contributed by atoms with Crippen LogP contribution in [-0.4, -0.2) is 50.9 Å². The lowest BCUT2D eigenvalue weighted by molar-refractivity contribution is -0.0141. The number of amides is 1. The Hall–Kier alpha value is -3.65. The van der Waals surface area contributed by atoms with Crippen LogP contribution in [0.2, 0.25) is 0 Å². The molecule has 8 heteroatoms. The van der Waals surface area contributed by atoms with Gasteiger partial charge in [-0.25, -0.2) is 14.8 Å². The van der Waals surface area contributed by atoms with Gasteiger partial charge in [0.05, 0.1) is 18.4 Å². The number of aliphatic hydroxyl groups excluding tert-OH is 1. The maximum absolute atomic E-state index is 12.3. The van der Waals surface area contributed by atoms with Crippen molar-refractivity contribution in [2.24, 2.45) is 0 Å². The molecule has 8 nitrogen and oxygen atoms in total. The highest BCUT2D eigenvalue weighted by molar-refractivity contribution is 5.69. The number of aromatic nitrogens is 2. The molecule has 0 radical (unpaired) electrons. The molecule has 202 valence electrons. The molecule has 1 N–H and O–H groups in total. The molecule has 1 aliphatic rings. The zero-order valence-electron chi connectivity index (χ0n) is 23.0. The van der Waals surface area contributed by atoms with Gasteiger partial charge in [0.1, 0.15) is 29.8 Å². The Balaban J connectivity index is 1.33. The fraction of sp³-hybridized carbons (Fsp3) is 0.433. The third-order valence-electron chi connectivity index (χ3n) is 6.62. The van der Waals surface area contributed by atoms with Crippen molar-refractivity contribution in [3.63, 3.8) is 0 Å². The van der Waals surface area contributed by atoms with Crippen molar-refractivity contribution >= 4 is 6.09 Å². The maximum atomic E-state index is 12.3. The SMILES string of the molecule is CC(O)c1ncc(Oc2ccc(C(C)(C)c3ccc(OC[C@@H]4CCN4C(=O)OC(C)(C)C)cc3)cc2)cn1. The minimum atomic E-state index is -0.719. The summed E-state index contributed by atoms with van der Waals surface area (Å²) in [6, 6.07) is 16.1. The third-order valence-corrected chi connectivity index (χ3v) is 6.62. The summed E-state index contributed by atoms with van der Waals surface area (Å²) in [5.74, 6) is 2.32. The minimum absolute atomic E-state index is 0.0319. The van der Waals surface area contributed by atoms with E-state index in [1.165, 1.54) is 0 Å². The van der Waals surface area contributed by atoms with E-state index in [-0.39, 0.29) is 17.6 Å². The third kappa shape index (κ3) is 6.61. The van der Waals surface area contributed by atoms with E-state index in [2.05, 4.69) is 35.9 Å². The number of rotatable bonds is 8. The molecule has 1 saturated heterocycles. The number of benzene rings is 2. The van der Waals surface area contributed by atoms with Gasteiger partial charge in [0.2, 0.25) is 0 Å². The van der Waals surface area contributed by atoms with Crippen LogP contribution >= 0.6 is 0 Å². The van der Waals surface area contributed by atoms with Crippen molar-refractivity contribution in [1.82, 2.24) is 14.9 Å². The Labute approximate surface area is 224 Å². The van der Waals surface area contributed by atoms with Crippen LogP contribution in [0.3, 0.4) is 0 Å². The number of nitrogens with zero attached hydrogens (tertiary/aromatic N) is 3. The Morgan fingerprint density at radius 3 is 1.97 bits per heavy atom. The average molecular weight is 520 g/mol. The molecule has 2 aromatic carbocycles. The zero-order chi connectivity index (χ0) is 27.5.